The predicted molar refractivity (Wildman–Crippen MR) is 66.4 cm³/mol. The minimum absolute atomic E-state index is 0.0862. The third kappa shape index (κ3) is 2.04. The molecule has 0 saturated heterocycles. The van der Waals surface area contributed by atoms with Gasteiger partial charge in [-0.1, -0.05) is 29.8 Å². The molecule has 4 nitrogen and oxygen atoms in total. The summed E-state index contributed by atoms with van der Waals surface area (Å²) in [7, 11) is 0. The molecule has 0 bridgehead atoms. The van der Waals surface area contributed by atoms with Crippen molar-refractivity contribution in [3.05, 3.63) is 51.8 Å². The number of aromatic nitrogens is 1. The fraction of sp³-hybridized carbons (Fsp3) is 0.0769. The molecule has 0 aliphatic carbocycles. The number of nitrogens with one attached hydrogen (secondary N) is 1. The Labute approximate surface area is 98.3 Å². The lowest BCUT2D eigenvalue weighted by atomic mass is 10.0. The first-order valence-electron chi connectivity index (χ1n) is 5.12. The van der Waals surface area contributed by atoms with E-state index in [9.17, 15) is 4.79 Å². The Bertz CT molecular complexity index is 648. The maximum atomic E-state index is 11.6. The van der Waals surface area contributed by atoms with Crippen molar-refractivity contribution >= 4 is 5.82 Å². The van der Waals surface area contributed by atoms with Gasteiger partial charge in [-0.25, -0.2) is 0 Å². The average Bonchev–Trinajstić information content (AvgIpc) is 2.29. The fourth-order valence-electron chi connectivity index (χ4n) is 1.65. The fourth-order valence-corrected chi connectivity index (χ4v) is 1.65. The highest BCUT2D eigenvalue weighted by Gasteiger charge is 2.09. The molecule has 0 unspecified atom stereocenters. The van der Waals surface area contributed by atoms with Gasteiger partial charge in [0.05, 0.1) is 0 Å². The molecule has 0 fully saturated rings. The van der Waals surface area contributed by atoms with Crippen LogP contribution in [0.25, 0.3) is 11.1 Å². The second kappa shape index (κ2) is 4.14. The molecule has 2 aromatic rings. The highest BCUT2D eigenvalue weighted by Crippen LogP contribution is 2.22. The van der Waals surface area contributed by atoms with Crippen LogP contribution in [-0.4, -0.2) is 4.98 Å². The van der Waals surface area contributed by atoms with Gasteiger partial charge in [-0.3, -0.25) is 4.79 Å². The summed E-state index contributed by atoms with van der Waals surface area (Å²) >= 11 is 0. The van der Waals surface area contributed by atoms with Crippen molar-refractivity contribution in [3.8, 4) is 17.2 Å². The number of benzene rings is 1. The predicted octanol–water partition coefficient (Wildman–Crippen LogP) is 1.80. The van der Waals surface area contributed by atoms with Crippen LogP contribution in [0.4, 0.5) is 5.82 Å². The largest absolute Gasteiger partial charge is 0.385 e. The van der Waals surface area contributed by atoms with Crippen LogP contribution in [0.15, 0.2) is 35.1 Å². The molecular weight excluding hydrogens is 214 g/mol. The van der Waals surface area contributed by atoms with Crippen LogP contribution in [0.5, 0.6) is 0 Å². The Hall–Kier alpha value is -2.54. The Kier molecular flexibility index (Phi) is 2.67. The van der Waals surface area contributed by atoms with E-state index in [-0.39, 0.29) is 11.4 Å². The lowest BCUT2D eigenvalue weighted by molar-refractivity contribution is 1.22. The molecule has 2 rings (SSSR count). The normalized spacial score (nSPS) is 9.88. The third-order valence-electron chi connectivity index (χ3n) is 2.53. The maximum absolute atomic E-state index is 11.6. The summed E-state index contributed by atoms with van der Waals surface area (Å²) in [5.41, 5.74) is 7.71. The number of nitrogens with zero attached hydrogens (tertiary/aromatic N) is 1. The number of hydrogen-bond acceptors (Lipinski definition) is 3. The zero-order chi connectivity index (χ0) is 12.4. The van der Waals surface area contributed by atoms with E-state index in [0.29, 0.717) is 5.56 Å². The summed E-state index contributed by atoms with van der Waals surface area (Å²) in [5.74, 6) is 0.254. The highest BCUT2D eigenvalue weighted by atomic mass is 16.1. The molecule has 0 radical (unpaired) electrons. The number of anilines is 1. The highest BCUT2D eigenvalue weighted by molar-refractivity contribution is 5.72. The summed E-state index contributed by atoms with van der Waals surface area (Å²) < 4.78 is 0. The van der Waals surface area contributed by atoms with E-state index in [4.69, 9.17) is 11.0 Å². The molecule has 0 saturated carbocycles. The van der Waals surface area contributed by atoms with E-state index in [2.05, 4.69) is 4.98 Å². The molecule has 1 aromatic heterocycles. The number of hydrogen-bond donors (Lipinski definition) is 2. The van der Waals surface area contributed by atoms with Crippen LogP contribution in [0.1, 0.15) is 11.1 Å². The Morgan fingerprint density at radius 1 is 1.29 bits per heavy atom. The van der Waals surface area contributed by atoms with Crippen LogP contribution < -0.4 is 11.3 Å². The smallest absolute Gasteiger partial charge is 0.268 e. The quantitative estimate of drug-likeness (QED) is 0.776. The molecule has 0 atom stereocenters. The molecule has 84 valence electrons. The Morgan fingerprint density at radius 3 is 2.53 bits per heavy atom. The van der Waals surface area contributed by atoms with Crippen molar-refractivity contribution < 1.29 is 0 Å². The molecule has 0 aliphatic rings. The van der Waals surface area contributed by atoms with Crippen LogP contribution >= 0.6 is 0 Å². The standard InChI is InChI=1S/C13H11N3O/c1-8-2-4-9(5-3-8)10-6-12(15)16-13(17)11(10)7-14/h2-6H,1H3,(H3,15,16,17). The number of H-pyrrole nitrogens is 1. The van der Waals surface area contributed by atoms with Gasteiger partial charge in [0.25, 0.3) is 5.56 Å². The van der Waals surface area contributed by atoms with E-state index in [1.54, 1.807) is 6.07 Å². The molecule has 1 aromatic carbocycles. The van der Waals surface area contributed by atoms with Crippen molar-refractivity contribution in [2.75, 3.05) is 5.73 Å². The number of nitrogen functional groups attached to an aromatic ring is 1. The van der Waals surface area contributed by atoms with E-state index >= 15 is 0 Å². The zero-order valence-corrected chi connectivity index (χ0v) is 9.32. The molecular formula is C13H11N3O. The second-order valence-electron chi connectivity index (χ2n) is 3.82. The van der Waals surface area contributed by atoms with Gasteiger partial charge in [0.2, 0.25) is 0 Å². The molecule has 4 heteroatoms. The number of nitriles is 1. The summed E-state index contributed by atoms with van der Waals surface area (Å²) in [4.78, 5) is 14.0. The number of rotatable bonds is 1. The van der Waals surface area contributed by atoms with E-state index in [1.165, 1.54) is 0 Å². The number of aryl methyl sites for hydroxylation is 1. The van der Waals surface area contributed by atoms with Crippen molar-refractivity contribution in [1.82, 2.24) is 4.98 Å². The van der Waals surface area contributed by atoms with Crippen LogP contribution in [0, 0.1) is 18.3 Å². The maximum Gasteiger partial charge on any atom is 0.268 e. The molecule has 0 spiro atoms. The molecule has 1 heterocycles. The number of aromatic amines is 1. The van der Waals surface area contributed by atoms with Gasteiger partial charge in [0.1, 0.15) is 17.5 Å². The monoisotopic (exact) mass is 225 g/mol. The summed E-state index contributed by atoms with van der Waals surface area (Å²) in [6.07, 6.45) is 0. The molecule has 0 amide bonds. The average molecular weight is 225 g/mol. The van der Waals surface area contributed by atoms with Gasteiger partial charge in [-0.2, -0.15) is 5.26 Å². The van der Waals surface area contributed by atoms with Crippen LogP contribution in [0.2, 0.25) is 0 Å². The van der Waals surface area contributed by atoms with Gasteiger partial charge in [-0.15, -0.1) is 0 Å². The van der Waals surface area contributed by atoms with Crippen LogP contribution in [0.3, 0.4) is 0 Å². The van der Waals surface area contributed by atoms with Gasteiger partial charge in [-0.05, 0) is 18.6 Å². The first-order valence-corrected chi connectivity index (χ1v) is 5.12. The van der Waals surface area contributed by atoms with E-state index in [1.807, 2.05) is 37.3 Å². The van der Waals surface area contributed by atoms with Crippen molar-refractivity contribution in [1.29, 1.82) is 5.26 Å². The van der Waals surface area contributed by atoms with Gasteiger partial charge >= 0.3 is 0 Å². The zero-order valence-electron chi connectivity index (χ0n) is 9.32. The van der Waals surface area contributed by atoms with Crippen molar-refractivity contribution in [3.63, 3.8) is 0 Å². The number of pyridine rings is 1. The second-order valence-corrected chi connectivity index (χ2v) is 3.82. The molecule has 3 N–H and O–H groups in total. The van der Waals surface area contributed by atoms with Crippen molar-refractivity contribution in [2.45, 2.75) is 6.92 Å². The summed E-state index contributed by atoms with van der Waals surface area (Å²) in [6.45, 7) is 1.97. The topological polar surface area (TPSA) is 82.7 Å². The molecule has 17 heavy (non-hydrogen) atoms. The van der Waals surface area contributed by atoms with Crippen molar-refractivity contribution in [2.24, 2.45) is 0 Å². The first-order chi connectivity index (χ1) is 8.11. The number of nitrogens with two attached hydrogens (primary N) is 1. The van der Waals surface area contributed by atoms with Crippen LogP contribution in [-0.2, 0) is 0 Å². The van der Waals surface area contributed by atoms with Gasteiger partial charge < -0.3 is 10.7 Å². The Morgan fingerprint density at radius 2 is 1.94 bits per heavy atom. The van der Waals surface area contributed by atoms with E-state index < -0.39 is 5.56 Å². The minimum Gasteiger partial charge on any atom is -0.385 e. The van der Waals surface area contributed by atoms with Gasteiger partial charge in [0, 0.05) is 5.56 Å². The summed E-state index contributed by atoms with van der Waals surface area (Å²) in [6, 6.07) is 11.1. The lowest BCUT2D eigenvalue weighted by Gasteiger charge is -2.05. The van der Waals surface area contributed by atoms with E-state index in [0.717, 1.165) is 11.1 Å². The first kappa shape index (κ1) is 11.0. The minimum atomic E-state index is -0.455. The summed E-state index contributed by atoms with van der Waals surface area (Å²) in [5, 5.41) is 9.00. The SMILES string of the molecule is Cc1ccc(-c2cc(N)[nH]c(=O)c2C#N)cc1. The molecule has 0 aliphatic heterocycles. The van der Waals surface area contributed by atoms with Gasteiger partial charge in [0.15, 0.2) is 0 Å². The third-order valence-corrected chi connectivity index (χ3v) is 2.53. The lowest BCUT2D eigenvalue weighted by Crippen LogP contribution is -2.13. The Balaban J connectivity index is 2.71.